The zero-order valence-corrected chi connectivity index (χ0v) is 11.2. The minimum Gasteiger partial charge on any atom is -0.331 e. The molecule has 0 bridgehead atoms. The van der Waals surface area contributed by atoms with E-state index in [-0.39, 0.29) is 11.2 Å². The Hall–Kier alpha value is -1.42. The number of aryl methyl sites for hydroxylation is 1. The van der Waals surface area contributed by atoms with E-state index < -0.39 is 0 Å². The lowest BCUT2D eigenvalue weighted by Crippen LogP contribution is -2.36. The van der Waals surface area contributed by atoms with Crippen molar-refractivity contribution in [3.63, 3.8) is 0 Å². The Balaban J connectivity index is 2.68. The number of nitrogens with zero attached hydrogens (tertiary/aromatic N) is 2. The number of halogens is 1. The van der Waals surface area contributed by atoms with Gasteiger partial charge in [0.25, 0.3) is 0 Å². The van der Waals surface area contributed by atoms with Crippen LogP contribution in [0.15, 0.2) is 18.2 Å². The summed E-state index contributed by atoms with van der Waals surface area (Å²) >= 11 is 0. The van der Waals surface area contributed by atoms with Crippen molar-refractivity contribution in [3.8, 4) is 0 Å². The van der Waals surface area contributed by atoms with Gasteiger partial charge in [-0.05, 0) is 31.0 Å². The van der Waals surface area contributed by atoms with Crippen LogP contribution in [-0.2, 0) is 12.5 Å². The van der Waals surface area contributed by atoms with E-state index in [1.807, 2.05) is 11.6 Å². The van der Waals surface area contributed by atoms with Crippen LogP contribution in [0.25, 0.3) is 11.0 Å². The molecule has 0 saturated carbocycles. The van der Waals surface area contributed by atoms with Crippen molar-refractivity contribution in [1.29, 1.82) is 0 Å². The van der Waals surface area contributed by atoms with Crippen molar-refractivity contribution in [2.45, 2.75) is 32.1 Å². The fourth-order valence-corrected chi connectivity index (χ4v) is 2.58. The Bertz CT molecular complexity index is 547. The summed E-state index contributed by atoms with van der Waals surface area (Å²) in [6.45, 7) is 4.80. The van der Waals surface area contributed by atoms with Crippen molar-refractivity contribution in [3.05, 3.63) is 29.8 Å². The molecule has 0 radical (unpaired) electrons. The van der Waals surface area contributed by atoms with Crippen molar-refractivity contribution in [1.82, 2.24) is 9.55 Å². The van der Waals surface area contributed by atoms with Crippen LogP contribution < -0.4 is 5.73 Å². The molecular weight excluding hydrogens is 229 g/mol. The van der Waals surface area contributed by atoms with Gasteiger partial charge in [0.15, 0.2) is 0 Å². The molecule has 3 nitrogen and oxygen atoms in total. The van der Waals surface area contributed by atoms with E-state index in [4.69, 9.17) is 5.73 Å². The molecule has 1 heterocycles. The van der Waals surface area contributed by atoms with Crippen LogP contribution in [0.3, 0.4) is 0 Å². The first kappa shape index (κ1) is 13.0. The summed E-state index contributed by atoms with van der Waals surface area (Å²) in [5.41, 5.74) is 7.48. The summed E-state index contributed by atoms with van der Waals surface area (Å²) in [5, 5.41) is 0. The number of aromatic nitrogens is 2. The van der Waals surface area contributed by atoms with Crippen LogP contribution in [0.5, 0.6) is 0 Å². The summed E-state index contributed by atoms with van der Waals surface area (Å²) < 4.78 is 15.3. The zero-order valence-electron chi connectivity index (χ0n) is 11.2. The number of hydrogen-bond acceptors (Lipinski definition) is 2. The minimum atomic E-state index is -0.233. The largest absolute Gasteiger partial charge is 0.331 e. The molecule has 4 heteroatoms. The predicted molar refractivity (Wildman–Crippen MR) is 72.0 cm³/mol. The quantitative estimate of drug-likeness (QED) is 0.905. The number of benzene rings is 1. The monoisotopic (exact) mass is 249 g/mol. The van der Waals surface area contributed by atoms with Crippen LogP contribution in [0.4, 0.5) is 4.39 Å². The third-order valence-corrected chi connectivity index (χ3v) is 4.06. The van der Waals surface area contributed by atoms with Gasteiger partial charge in [-0.25, -0.2) is 9.37 Å². The van der Waals surface area contributed by atoms with Gasteiger partial charge in [0.2, 0.25) is 0 Å². The van der Waals surface area contributed by atoms with Gasteiger partial charge in [-0.2, -0.15) is 0 Å². The molecule has 1 aromatic heterocycles. The summed E-state index contributed by atoms with van der Waals surface area (Å²) in [6.07, 6.45) is 1.86. The molecule has 0 fully saturated rings. The molecule has 0 saturated heterocycles. The van der Waals surface area contributed by atoms with E-state index in [9.17, 15) is 4.39 Å². The second-order valence-electron chi connectivity index (χ2n) is 4.82. The van der Waals surface area contributed by atoms with Crippen LogP contribution >= 0.6 is 0 Å². The highest BCUT2D eigenvalue weighted by molar-refractivity contribution is 5.76. The lowest BCUT2D eigenvalue weighted by molar-refractivity contribution is 0.374. The molecule has 2 rings (SSSR count). The molecule has 0 atom stereocenters. The van der Waals surface area contributed by atoms with Gasteiger partial charge < -0.3 is 10.3 Å². The SMILES string of the molecule is CCC(CC)(CN)c1nc2ccc(F)cc2n1C. The molecule has 1 aromatic carbocycles. The van der Waals surface area contributed by atoms with Crippen molar-refractivity contribution < 1.29 is 4.39 Å². The Morgan fingerprint density at radius 3 is 2.56 bits per heavy atom. The van der Waals surface area contributed by atoms with Gasteiger partial charge in [0.05, 0.1) is 11.0 Å². The third kappa shape index (κ3) is 1.81. The molecule has 0 aliphatic carbocycles. The lowest BCUT2D eigenvalue weighted by Gasteiger charge is -2.29. The lowest BCUT2D eigenvalue weighted by atomic mass is 9.81. The molecule has 98 valence electrons. The van der Waals surface area contributed by atoms with Gasteiger partial charge in [0, 0.05) is 19.0 Å². The molecular formula is C14H20FN3. The zero-order chi connectivity index (χ0) is 13.3. The first-order chi connectivity index (χ1) is 8.57. The third-order valence-electron chi connectivity index (χ3n) is 4.06. The van der Waals surface area contributed by atoms with E-state index in [0.29, 0.717) is 6.54 Å². The van der Waals surface area contributed by atoms with Gasteiger partial charge in [-0.3, -0.25) is 0 Å². The second-order valence-corrected chi connectivity index (χ2v) is 4.82. The van der Waals surface area contributed by atoms with Crippen molar-refractivity contribution in [2.75, 3.05) is 6.54 Å². The number of hydrogen-bond donors (Lipinski definition) is 1. The van der Waals surface area contributed by atoms with Crippen LogP contribution in [-0.4, -0.2) is 16.1 Å². The standard InChI is InChI=1S/C14H20FN3/c1-4-14(5-2,9-16)13-17-11-7-6-10(15)8-12(11)18(13)3/h6-8H,4-5,9,16H2,1-3H3. The fraction of sp³-hybridized carbons (Fsp3) is 0.500. The topological polar surface area (TPSA) is 43.8 Å². The normalized spacial score (nSPS) is 12.3. The number of nitrogens with two attached hydrogens (primary N) is 1. The Kier molecular flexibility index (Phi) is 3.39. The van der Waals surface area contributed by atoms with Crippen LogP contribution in [0.2, 0.25) is 0 Å². The number of rotatable bonds is 4. The molecule has 0 aliphatic rings. The number of imidazole rings is 1. The van der Waals surface area contributed by atoms with Gasteiger partial charge in [-0.1, -0.05) is 13.8 Å². The highest BCUT2D eigenvalue weighted by Gasteiger charge is 2.31. The van der Waals surface area contributed by atoms with E-state index in [2.05, 4.69) is 18.8 Å². The fourth-order valence-electron chi connectivity index (χ4n) is 2.58. The van der Waals surface area contributed by atoms with Crippen molar-refractivity contribution in [2.24, 2.45) is 12.8 Å². The Morgan fingerprint density at radius 1 is 1.33 bits per heavy atom. The number of fused-ring (bicyclic) bond motifs is 1. The smallest absolute Gasteiger partial charge is 0.125 e. The average molecular weight is 249 g/mol. The maximum absolute atomic E-state index is 13.3. The molecule has 2 N–H and O–H groups in total. The maximum atomic E-state index is 13.3. The summed E-state index contributed by atoms with van der Waals surface area (Å²) in [6, 6.07) is 4.69. The van der Waals surface area contributed by atoms with E-state index in [0.717, 1.165) is 29.7 Å². The minimum absolute atomic E-state index is 0.121. The molecule has 2 aromatic rings. The molecule has 0 unspecified atom stereocenters. The van der Waals surface area contributed by atoms with E-state index in [1.165, 1.54) is 12.1 Å². The van der Waals surface area contributed by atoms with Crippen molar-refractivity contribution >= 4 is 11.0 Å². The van der Waals surface area contributed by atoms with E-state index in [1.54, 1.807) is 6.07 Å². The van der Waals surface area contributed by atoms with Gasteiger partial charge in [-0.15, -0.1) is 0 Å². The van der Waals surface area contributed by atoms with Crippen LogP contribution in [0.1, 0.15) is 32.5 Å². The Labute approximate surface area is 107 Å². The maximum Gasteiger partial charge on any atom is 0.125 e. The first-order valence-corrected chi connectivity index (χ1v) is 6.40. The van der Waals surface area contributed by atoms with Gasteiger partial charge >= 0.3 is 0 Å². The van der Waals surface area contributed by atoms with E-state index >= 15 is 0 Å². The summed E-state index contributed by atoms with van der Waals surface area (Å²) in [4.78, 5) is 4.65. The molecule has 0 spiro atoms. The Morgan fingerprint density at radius 2 is 2.00 bits per heavy atom. The van der Waals surface area contributed by atoms with Crippen LogP contribution in [0, 0.1) is 5.82 Å². The average Bonchev–Trinajstić information content (AvgIpc) is 2.71. The molecule has 0 aliphatic heterocycles. The first-order valence-electron chi connectivity index (χ1n) is 6.40. The summed E-state index contributed by atoms with van der Waals surface area (Å²) in [5.74, 6) is 0.721. The molecule has 18 heavy (non-hydrogen) atoms. The second kappa shape index (κ2) is 4.69. The highest BCUT2D eigenvalue weighted by atomic mass is 19.1. The molecule has 0 amide bonds. The predicted octanol–water partition coefficient (Wildman–Crippen LogP) is 2.73. The highest BCUT2D eigenvalue weighted by Crippen LogP contribution is 2.31. The van der Waals surface area contributed by atoms with Gasteiger partial charge in [0.1, 0.15) is 11.6 Å². The summed E-state index contributed by atoms with van der Waals surface area (Å²) in [7, 11) is 1.93.